The van der Waals surface area contributed by atoms with E-state index >= 15 is 0 Å². The van der Waals surface area contributed by atoms with Crippen LogP contribution in [0.25, 0.3) is 11.4 Å². The highest BCUT2D eigenvalue weighted by Gasteiger charge is 2.30. The minimum Gasteiger partial charge on any atom is -0.323 e. The van der Waals surface area contributed by atoms with Crippen LogP contribution in [-0.4, -0.2) is 27.5 Å². The van der Waals surface area contributed by atoms with Crippen LogP contribution >= 0.6 is 11.3 Å². The van der Waals surface area contributed by atoms with Crippen molar-refractivity contribution in [2.75, 3.05) is 13.1 Å². The second kappa shape index (κ2) is 5.95. The van der Waals surface area contributed by atoms with Gasteiger partial charge in [-0.3, -0.25) is 4.90 Å². The molecule has 3 nitrogen and oxygen atoms in total. The number of likely N-dealkylation sites (tertiary alicyclic amines) is 1. The molecule has 0 unspecified atom stereocenters. The van der Waals surface area contributed by atoms with Crippen molar-refractivity contribution < 1.29 is 0 Å². The molecule has 23 heavy (non-hydrogen) atoms. The Hall–Kier alpha value is -1.91. The van der Waals surface area contributed by atoms with Crippen molar-refractivity contribution in [1.29, 1.82) is 0 Å². The molecule has 0 aliphatic carbocycles. The Labute approximate surface area is 141 Å². The van der Waals surface area contributed by atoms with E-state index < -0.39 is 0 Å². The van der Waals surface area contributed by atoms with Crippen LogP contribution in [0.1, 0.15) is 21.5 Å². The van der Waals surface area contributed by atoms with Crippen LogP contribution in [0.2, 0.25) is 0 Å². The third kappa shape index (κ3) is 2.84. The van der Waals surface area contributed by atoms with Gasteiger partial charge in [0, 0.05) is 46.8 Å². The molecule has 1 aliphatic rings. The maximum absolute atomic E-state index is 4.65. The quantitative estimate of drug-likeness (QED) is 0.714. The van der Waals surface area contributed by atoms with Gasteiger partial charge in [0.05, 0.1) is 6.04 Å². The lowest BCUT2D eigenvalue weighted by Crippen LogP contribution is -2.47. The minimum atomic E-state index is 0.536. The molecule has 4 rings (SSSR count). The van der Waals surface area contributed by atoms with E-state index in [1.807, 2.05) is 17.5 Å². The number of aryl methyl sites for hydroxylation is 2. The molecular weight excluding hydrogens is 302 g/mol. The average molecular weight is 323 g/mol. The zero-order valence-electron chi connectivity index (χ0n) is 13.6. The summed E-state index contributed by atoms with van der Waals surface area (Å²) in [6.07, 6.45) is 1.99. The summed E-state index contributed by atoms with van der Waals surface area (Å²) in [4.78, 5) is 10.0. The van der Waals surface area contributed by atoms with Crippen molar-refractivity contribution in [3.8, 4) is 11.4 Å². The summed E-state index contributed by atoms with van der Waals surface area (Å²) in [5.41, 5.74) is 2.45. The molecule has 0 N–H and O–H groups in total. The molecule has 118 valence electrons. The van der Waals surface area contributed by atoms with Crippen molar-refractivity contribution >= 4 is 11.3 Å². The fraction of sp³-hybridized carbons (Fsp3) is 0.316. The molecule has 0 radical (unpaired) electrons. The first-order chi connectivity index (χ1) is 11.2. The van der Waals surface area contributed by atoms with Crippen LogP contribution in [0.3, 0.4) is 0 Å². The highest BCUT2D eigenvalue weighted by molar-refractivity contribution is 7.11. The monoisotopic (exact) mass is 323 g/mol. The largest absolute Gasteiger partial charge is 0.323 e. The van der Waals surface area contributed by atoms with Gasteiger partial charge in [-0.2, -0.15) is 0 Å². The molecule has 1 fully saturated rings. The topological polar surface area (TPSA) is 21.1 Å². The smallest absolute Gasteiger partial charge is 0.140 e. The number of hydrogen-bond acceptors (Lipinski definition) is 3. The summed E-state index contributed by atoms with van der Waals surface area (Å²) in [5.74, 6) is 1.10. The molecule has 0 atom stereocenters. The van der Waals surface area contributed by atoms with Gasteiger partial charge in [0.25, 0.3) is 0 Å². The Kier molecular flexibility index (Phi) is 3.79. The van der Waals surface area contributed by atoms with E-state index in [9.17, 15) is 0 Å². The summed E-state index contributed by atoms with van der Waals surface area (Å²) < 4.78 is 2.41. The summed E-state index contributed by atoms with van der Waals surface area (Å²) in [7, 11) is 0. The third-order valence-corrected chi connectivity index (χ3v) is 5.48. The number of hydrogen-bond donors (Lipinski definition) is 0. The number of nitrogens with zero attached hydrogens (tertiary/aromatic N) is 3. The highest BCUT2D eigenvalue weighted by Crippen LogP contribution is 2.31. The molecule has 0 spiro atoms. The summed E-state index contributed by atoms with van der Waals surface area (Å²) >= 11 is 1.91. The fourth-order valence-electron chi connectivity index (χ4n) is 3.33. The number of imidazole rings is 1. The lowest BCUT2D eigenvalue weighted by molar-refractivity contribution is 0.0999. The van der Waals surface area contributed by atoms with Crippen LogP contribution in [-0.2, 0) is 6.54 Å². The predicted octanol–water partition coefficient (Wildman–Crippen LogP) is 4.29. The molecule has 0 amide bonds. The molecule has 1 aromatic carbocycles. The van der Waals surface area contributed by atoms with Gasteiger partial charge >= 0.3 is 0 Å². The summed E-state index contributed by atoms with van der Waals surface area (Å²) in [6.45, 7) is 7.62. The van der Waals surface area contributed by atoms with Crippen molar-refractivity contribution in [3.05, 3.63) is 64.1 Å². The first kappa shape index (κ1) is 14.7. The van der Waals surface area contributed by atoms with E-state index in [-0.39, 0.29) is 0 Å². The highest BCUT2D eigenvalue weighted by atomic mass is 32.1. The minimum absolute atomic E-state index is 0.536. The molecular formula is C19H21N3S. The standard InChI is InChI=1S/C19H21N3S/c1-14-10-20-19(16-6-4-3-5-7-16)22(14)17-11-21(12-17)13-18-9-8-15(2)23-18/h3-10,17H,11-13H2,1-2H3. The van der Waals surface area contributed by atoms with Gasteiger partial charge in [0.2, 0.25) is 0 Å². The van der Waals surface area contributed by atoms with Gasteiger partial charge in [-0.1, -0.05) is 30.3 Å². The van der Waals surface area contributed by atoms with Crippen molar-refractivity contribution in [2.45, 2.75) is 26.4 Å². The molecule has 0 saturated carbocycles. The van der Waals surface area contributed by atoms with Crippen molar-refractivity contribution in [1.82, 2.24) is 14.5 Å². The number of thiophene rings is 1. The van der Waals surface area contributed by atoms with Gasteiger partial charge in [-0.05, 0) is 26.0 Å². The Morgan fingerprint density at radius 2 is 1.87 bits per heavy atom. The lowest BCUT2D eigenvalue weighted by atomic mass is 10.1. The summed E-state index contributed by atoms with van der Waals surface area (Å²) in [5, 5.41) is 0. The molecule has 3 aromatic rings. The predicted molar refractivity (Wildman–Crippen MR) is 95.8 cm³/mol. The van der Waals surface area contributed by atoms with E-state index in [2.05, 4.69) is 70.8 Å². The van der Waals surface area contributed by atoms with Crippen LogP contribution in [0.15, 0.2) is 48.7 Å². The molecule has 0 bridgehead atoms. The second-order valence-corrected chi connectivity index (χ2v) is 7.69. The van der Waals surface area contributed by atoms with E-state index in [4.69, 9.17) is 0 Å². The lowest BCUT2D eigenvalue weighted by Gasteiger charge is -2.41. The van der Waals surface area contributed by atoms with E-state index in [0.29, 0.717) is 6.04 Å². The molecule has 2 aromatic heterocycles. The fourth-order valence-corrected chi connectivity index (χ4v) is 4.27. The van der Waals surface area contributed by atoms with Gasteiger partial charge in [-0.25, -0.2) is 4.98 Å². The van der Waals surface area contributed by atoms with Crippen LogP contribution < -0.4 is 0 Å². The van der Waals surface area contributed by atoms with Crippen LogP contribution in [0.5, 0.6) is 0 Å². The Morgan fingerprint density at radius 1 is 1.09 bits per heavy atom. The molecule has 1 aliphatic heterocycles. The van der Waals surface area contributed by atoms with E-state index in [1.54, 1.807) is 0 Å². The first-order valence-corrected chi connectivity index (χ1v) is 8.89. The third-order valence-electron chi connectivity index (χ3n) is 4.49. The van der Waals surface area contributed by atoms with E-state index in [0.717, 1.165) is 25.5 Å². The van der Waals surface area contributed by atoms with E-state index in [1.165, 1.54) is 21.0 Å². The maximum atomic E-state index is 4.65. The van der Waals surface area contributed by atoms with Crippen molar-refractivity contribution in [3.63, 3.8) is 0 Å². The second-order valence-electron chi connectivity index (χ2n) is 6.32. The van der Waals surface area contributed by atoms with Gasteiger partial charge in [0.1, 0.15) is 5.82 Å². The zero-order valence-corrected chi connectivity index (χ0v) is 14.4. The molecule has 3 heterocycles. The first-order valence-electron chi connectivity index (χ1n) is 8.07. The number of benzene rings is 1. The molecule has 4 heteroatoms. The Balaban J connectivity index is 1.49. The SMILES string of the molecule is Cc1ccc(CN2CC(n3c(C)cnc3-c3ccccc3)C2)s1. The normalized spacial score (nSPS) is 15.7. The van der Waals surface area contributed by atoms with Crippen LogP contribution in [0.4, 0.5) is 0 Å². The average Bonchev–Trinajstić information content (AvgIpc) is 3.10. The zero-order chi connectivity index (χ0) is 15.8. The molecule has 1 saturated heterocycles. The maximum Gasteiger partial charge on any atom is 0.140 e. The van der Waals surface area contributed by atoms with Gasteiger partial charge < -0.3 is 4.57 Å². The number of aromatic nitrogens is 2. The Bertz CT molecular complexity index is 797. The van der Waals surface area contributed by atoms with Gasteiger partial charge in [-0.15, -0.1) is 11.3 Å². The van der Waals surface area contributed by atoms with Crippen LogP contribution in [0, 0.1) is 13.8 Å². The Morgan fingerprint density at radius 3 is 2.57 bits per heavy atom. The van der Waals surface area contributed by atoms with Gasteiger partial charge in [0.15, 0.2) is 0 Å². The van der Waals surface area contributed by atoms with Crippen molar-refractivity contribution in [2.24, 2.45) is 0 Å². The number of rotatable bonds is 4. The summed E-state index contributed by atoms with van der Waals surface area (Å²) in [6, 6.07) is 15.5.